The second-order valence-electron chi connectivity index (χ2n) is 9.15. The van der Waals surface area contributed by atoms with Crippen molar-refractivity contribution in [3.05, 3.63) is 88.8 Å². The van der Waals surface area contributed by atoms with Crippen molar-refractivity contribution in [3.63, 3.8) is 0 Å². The summed E-state index contributed by atoms with van der Waals surface area (Å²) in [5.74, 6) is 0.650. The van der Waals surface area contributed by atoms with E-state index in [-0.39, 0.29) is 29.1 Å². The molecule has 0 bridgehead atoms. The number of fused-ring (bicyclic) bond motifs is 1. The Morgan fingerprint density at radius 3 is 2.35 bits per heavy atom. The van der Waals surface area contributed by atoms with E-state index in [0.29, 0.717) is 54.0 Å². The third kappa shape index (κ3) is 6.20. The van der Waals surface area contributed by atoms with Crippen LogP contribution in [-0.2, 0) is 6.54 Å². The number of halogens is 3. The number of hydrogen-bond donors (Lipinski definition) is 0. The highest BCUT2D eigenvalue weighted by atomic mass is 19.4. The van der Waals surface area contributed by atoms with E-state index in [1.807, 2.05) is 4.90 Å². The number of alkyl halides is 3. The molecule has 0 spiro atoms. The smallest absolute Gasteiger partial charge is 0.497 e. The van der Waals surface area contributed by atoms with Crippen LogP contribution in [0.5, 0.6) is 17.2 Å². The highest BCUT2D eigenvalue weighted by molar-refractivity contribution is 5.83. The number of methoxy groups -OCH3 is 1. The Kier molecular flexibility index (Phi) is 7.65. The predicted molar refractivity (Wildman–Crippen MR) is 140 cm³/mol. The molecule has 1 aromatic heterocycles. The van der Waals surface area contributed by atoms with Gasteiger partial charge in [-0.1, -0.05) is 30.3 Å². The van der Waals surface area contributed by atoms with Gasteiger partial charge in [-0.05, 0) is 35.9 Å². The fraction of sp³-hybridized carbons (Fsp3) is 0.241. The van der Waals surface area contributed by atoms with Gasteiger partial charge in [-0.3, -0.25) is 9.69 Å². The van der Waals surface area contributed by atoms with Gasteiger partial charge in [-0.25, -0.2) is 4.79 Å². The van der Waals surface area contributed by atoms with Gasteiger partial charge in [-0.2, -0.15) is 0 Å². The molecule has 8 nitrogen and oxygen atoms in total. The molecule has 2 heterocycles. The van der Waals surface area contributed by atoms with Gasteiger partial charge in [0, 0.05) is 44.4 Å². The van der Waals surface area contributed by atoms with Crippen LogP contribution in [0.15, 0.2) is 82.2 Å². The van der Waals surface area contributed by atoms with Crippen LogP contribution in [0.1, 0.15) is 5.56 Å². The topological polar surface area (TPSA) is 81.5 Å². The molecule has 11 heteroatoms. The summed E-state index contributed by atoms with van der Waals surface area (Å²) in [7, 11) is 1.56. The van der Waals surface area contributed by atoms with E-state index in [4.69, 9.17) is 13.9 Å². The van der Waals surface area contributed by atoms with Gasteiger partial charge in [0.25, 0.3) is 0 Å². The van der Waals surface area contributed by atoms with Crippen molar-refractivity contribution in [1.29, 1.82) is 0 Å². The van der Waals surface area contributed by atoms with Gasteiger partial charge in [0.15, 0.2) is 5.43 Å². The second kappa shape index (κ2) is 11.3. The van der Waals surface area contributed by atoms with E-state index in [9.17, 15) is 22.8 Å². The van der Waals surface area contributed by atoms with E-state index in [1.54, 1.807) is 49.6 Å². The molecule has 3 aromatic carbocycles. The molecule has 1 saturated heterocycles. The Balaban J connectivity index is 1.20. The molecule has 0 unspecified atom stereocenters. The number of carbonyl (C=O) groups excluding carboxylic acids is 1. The number of nitrogens with zero attached hydrogens (tertiary/aromatic N) is 2. The van der Waals surface area contributed by atoms with Crippen LogP contribution in [-0.4, -0.2) is 55.5 Å². The largest absolute Gasteiger partial charge is 0.573 e. The van der Waals surface area contributed by atoms with E-state index in [0.717, 1.165) is 0 Å². The molecular weight excluding hydrogens is 529 g/mol. The minimum atomic E-state index is -4.78. The molecule has 1 aliphatic heterocycles. The van der Waals surface area contributed by atoms with Crippen LogP contribution in [0.2, 0.25) is 0 Å². The maximum atomic E-state index is 13.0. The lowest BCUT2D eigenvalue weighted by Gasteiger charge is -2.34. The lowest BCUT2D eigenvalue weighted by atomic mass is 10.1. The number of carbonyl (C=O) groups is 1. The fourth-order valence-corrected chi connectivity index (χ4v) is 4.50. The van der Waals surface area contributed by atoms with Gasteiger partial charge in [0.1, 0.15) is 29.1 Å². The van der Waals surface area contributed by atoms with Crippen LogP contribution >= 0.6 is 0 Å². The first-order chi connectivity index (χ1) is 19.2. The number of para-hydroxylation sites is 1. The molecule has 1 fully saturated rings. The Morgan fingerprint density at radius 1 is 0.950 bits per heavy atom. The SMILES string of the molecule is COc1ccc(-c2coc3cc(OC(=O)N4CCN(Cc5ccccc5OC(F)(F)F)CC4)ccc3c2=O)cc1. The van der Waals surface area contributed by atoms with Crippen LogP contribution in [0.25, 0.3) is 22.1 Å². The average Bonchev–Trinajstić information content (AvgIpc) is 2.94. The quantitative estimate of drug-likeness (QED) is 0.303. The zero-order valence-electron chi connectivity index (χ0n) is 21.4. The minimum absolute atomic E-state index is 0.220. The second-order valence-corrected chi connectivity index (χ2v) is 9.15. The van der Waals surface area contributed by atoms with Gasteiger partial charge >= 0.3 is 12.5 Å². The average molecular weight is 555 g/mol. The van der Waals surface area contributed by atoms with E-state index >= 15 is 0 Å². The predicted octanol–water partition coefficient (Wildman–Crippen LogP) is 5.68. The Labute approximate surface area is 227 Å². The summed E-state index contributed by atoms with van der Waals surface area (Å²) in [6, 6.07) is 17.6. The van der Waals surface area contributed by atoms with Crippen LogP contribution in [0, 0.1) is 0 Å². The number of piperazine rings is 1. The summed E-state index contributed by atoms with van der Waals surface area (Å²) in [6.07, 6.45) is -3.98. The normalized spacial score (nSPS) is 14.2. The van der Waals surface area contributed by atoms with Crippen molar-refractivity contribution in [1.82, 2.24) is 9.80 Å². The molecule has 208 valence electrons. The first kappa shape index (κ1) is 27.1. The fourth-order valence-electron chi connectivity index (χ4n) is 4.50. The highest BCUT2D eigenvalue weighted by Gasteiger charge is 2.32. The van der Waals surface area contributed by atoms with Crippen LogP contribution in [0.4, 0.5) is 18.0 Å². The molecule has 1 amide bonds. The zero-order valence-corrected chi connectivity index (χ0v) is 21.4. The number of hydrogen-bond acceptors (Lipinski definition) is 7. The Bertz CT molecular complexity index is 1560. The molecule has 0 saturated carbocycles. The lowest BCUT2D eigenvalue weighted by Crippen LogP contribution is -2.49. The summed E-state index contributed by atoms with van der Waals surface area (Å²) in [5, 5.41) is 0.344. The lowest BCUT2D eigenvalue weighted by molar-refractivity contribution is -0.275. The molecule has 40 heavy (non-hydrogen) atoms. The van der Waals surface area contributed by atoms with Crippen molar-refractivity contribution in [2.45, 2.75) is 12.9 Å². The first-order valence-corrected chi connectivity index (χ1v) is 12.4. The maximum absolute atomic E-state index is 13.0. The van der Waals surface area contributed by atoms with Gasteiger partial charge in [0.05, 0.1) is 18.1 Å². The summed E-state index contributed by atoms with van der Waals surface area (Å²) in [5.41, 5.74) is 1.54. The summed E-state index contributed by atoms with van der Waals surface area (Å²) < 4.78 is 58.6. The Hall–Kier alpha value is -4.51. The Morgan fingerprint density at radius 2 is 1.65 bits per heavy atom. The molecule has 4 aromatic rings. The molecule has 5 rings (SSSR count). The third-order valence-corrected chi connectivity index (χ3v) is 6.57. The van der Waals surface area contributed by atoms with Gasteiger partial charge in [0.2, 0.25) is 0 Å². The number of ether oxygens (including phenoxy) is 3. The van der Waals surface area contributed by atoms with Crippen molar-refractivity contribution >= 4 is 17.1 Å². The van der Waals surface area contributed by atoms with Crippen molar-refractivity contribution in [2.75, 3.05) is 33.3 Å². The number of benzene rings is 3. The molecule has 0 aliphatic carbocycles. The van der Waals surface area contributed by atoms with Crippen LogP contribution < -0.4 is 19.6 Å². The molecular formula is C29H25F3N2O6. The summed E-state index contributed by atoms with van der Waals surface area (Å²) >= 11 is 0. The van der Waals surface area contributed by atoms with E-state index in [1.165, 1.54) is 35.4 Å². The van der Waals surface area contributed by atoms with Crippen molar-refractivity contribution in [3.8, 4) is 28.4 Å². The van der Waals surface area contributed by atoms with Crippen LogP contribution in [0.3, 0.4) is 0 Å². The molecule has 0 N–H and O–H groups in total. The monoisotopic (exact) mass is 554 g/mol. The van der Waals surface area contributed by atoms with Gasteiger partial charge < -0.3 is 23.5 Å². The number of rotatable bonds is 6. The minimum Gasteiger partial charge on any atom is -0.497 e. The highest BCUT2D eigenvalue weighted by Crippen LogP contribution is 2.28. The third-order valence-electron chi connectivity index (χ3n) is 6.57. The van der Waals surface area contributed by atoms with Crippen molar-refractivity contribution < 1.29 is 36.6 Å². The van der Waals surface area contributed by atoms with E-state index in [2.05, 4.69) is 4.74 Å². The summed E-state index contributed by atoms with van der Waals surface area (Å²) in [4.78, 5) is 29.3. The molecule has 0 atom stereocenters. The molecule has 1 aliphatic rings. The first-order valence-electron chi connectivity index (χ1n) is 12.4. The maximum Gasteiger partial charge on any atom is 0.573 e. The van der Waals surface area contributed by atoms with Gasteiger partial charge in [-0.15, -0.1) is 13.2 Å². The summed E-state index contributed by atoms with van der Waals surface area (Å²) in [6.45, 7) is 1.79. The number of amides is 1. The molecule has 0 radical (unpaired) electrons. The van der Waals surface area contributed by atoms with E-state index < -0.39 is 12.5 Å². The van der Waals surface area contributed by atoms with Crippen molar-refractivity contribution in [2.24, 2.45) is 0 Å². The zero-order chi connectivity index (χ0) is 28.3. The standard InChI is InChI=1S/C29H25F3N2O6/c1-37-21-8-6-19(7-9-21)24-18-38-26-16-22(10-11-23(26)27(24)35)39-28(36)34-14-12-33(13-15-34)17-20-4-2-3-5-25(20)40-29(30,31)32/h2-11,16,18H,12-15,17H2,1H3.